The maximum absolute atomic E-state index is 9.89. The van der Waals surface area contributed by atoms with Gasteiger partial charge in [-0.05, 0) is 24.9 Å². The van der Waals surface area contributed by atoms with E-state index in [9.17, 15) is 5.11 Å². The van der Waals surface area contributed by atoms with Crippen molar-refractivity contribution in [3.05, 3.63) is 35.9 Å². The fraction of sp³-hybridized carbons (Fsp3) is 0.571. The summed E-state index contributed by atoms with van der Waals surface area (Å²) in [5.41, 5.74) is 7.15. The van der Waals surface area contributed by atoms with Gasteiger partial charge in [0.1, 0.15) is 0 Å². The molecular weight excluding hydrogens is 212 g/mol. The van der Waals surface area contributed by atoms with E-state index in [1.54, 1.807) is 0 Å². The summed E-state index contributed by atoms with van der Waals surface area (Å²) in [6, 6.07) is 9.85. The van der Waals surface area contributed by atoms with Crippen LogP contribution in [0.2, 0.25) is 0 Å². The zero-order valence-corrected chi connectivity index (χ0v) is 10.6. The van der Waals surface area contributed by atoms with Crippen LogP contribution in [0.25, 0.3) is 0 Å². The van der Waals surface area contributed by atoms with Crippen LogP contribution < -0.4 is 11.1 Å². The molecule has 1 aromatic rings. The van der Waals surface area contributed by atoms with Gasteiger partial charge in [-0.15, -0.1) is 0 Å². The van der Waals surface area contributed by atoms with Crippen molar-refractivity contribution in [1.29, 1.82) is 0 Å². The van der Waals surface area contributed by atoms with Crippen molar-refractivity contribution in [2.24, 2.45) is 5.73 Å². The molecule has 17 heavy (non-hydrogen) atoms. The van der Waals surface area contributed by atoms with Gasteiger partial charge in [-0.25, -0.2) is 0 Å². The Balaban J connectivity index is 2.24. The summed E-state index contributed by atoms with van der Waals surface area (Å²) in [5.74, 6) is 0. The zero-order valence-electron chi connectivity index (χ0n) is 10.6. The molecule has 0 aliphatic rings. The molecule has 0 bridgehead atoms. The van der Waals surface area contributed by atoms with E-state index in [0.717, 1.165) is 19.4 Å². The summed E-state index contributed by atoms with van der Waals surface area (Å²) < 4.78 is 0. The first-order valence-corrected chi connectivity index (χ1v) is 6.42. The molecule has 2 atom stereocenters. The summed E-state index contributed by atoms with van der Waals surface area (Å²) in [4.78, 5) is 0. The van der Waals surface area contributed by atoms with Crippen molar-refractivity contribution < 1.29 is 5.11 Å². The molecule has 0 aliphatic heterocycles. The number of rotatable bonds is 8. The summed E-state index contributed by atoms with van der Waals surface area (Å²) in [6.07, 6.45) is 2.55. The highest BCUT2D eigenvalue weighted by atomic mass is 16.3. The van der Waals surface area contributed by atoms with Gasteiger partial charge >= 0.3 is 0 Å². The molecule has 0 saturated heterocycles. The van der Waals surface area contributed by atoms with Crippen molar-refractivity contribution in [2.75, 3.05) is 13.1 Å². The van der Waals surface area contributed by atoms with Gasteiger partial charge in [-0.1, -0.05) is 43.7 Å². The Hall–Kier alpha value is -0.900. The number of hydrogen-bond acceptors (Lipinski definition) is 3. The average molecular weight is 236 g/mol. The lowest BCUT2D eigenvalue weighted by atomic mass is 10.0. The number of nitrogens with two attached hydrogens (primary N) is 1. The van der Waals surface area contributed by atoms with Crippen LogP contribution in [0.1, 0.15) is 25.3 Å². The van der Waals surface area contributed by atoms with Crippen LogP contribution in [0.5, 0.6) is 0 Å². The molecule has 0 amide bonds. The Morgan fingerprint density at radius 1 is 1.29 bits per heavy atom. The molecule has 3 heteroatoms. The molecule has 1 aromatic carbocycles. The SMILES string of the molecule is CCCCNCC(O)C(N)Cc1ccccc1. The first-order valence-electron chi connectivity index (χ1n) is 6.42. The Bertz CT molecular complexity index is 290. The third-order valence-electron chi connectivity index (χ3n) is 2.87. The lowest BCUT2D eigenvalue weighted by Gasteiger charge is -2.19. The predicted octanol–water partition coefficient (Wildman–Crippen LogP) is 1.31. The number of hydrogen-bond donors (Lipinski definition) is 3. The normalized spacial score (nSPS) is 14.5. The van der Waals surface area contributed by atoms with Crippen molar-refractivity contribution in [3.8, 4) is 0 Å². The van der Waals surface area contributed by atoms with Gasteiger partial charge in [0, 0.05) is 12.6 Å². The van der Waals surface area contributed by atoms with Crippen LogP contribution in [0.3, 0.4) is 0 Å². The molecule has 0 aromatic heterocycles. The van der Waals surface area contributed by atoms with Crippen LogP contribution in [0.4, 0.5) is 0 Å². The van der Waals surface area contributed by atoms with Crippen LogP contribution >= 0.6 is 0 Å². The molecule has 4 N–H and O–H groups in total. The number of nitrogens with one attached hydrogen (secondary N) is 1. The van der Waals surface area contributed by atoms with Crippen molar-refractivity contribution >= 4 is 0 Å². The highest BCUT2D eigenvalue weighted by Gasteiger charge is 2.14. The lowest BCUT2D eigenvalue weighted by molar-refractivity contribution is 0.142. The van der Waals surface area contributed by atoms with Crippen molar-refractivity contribution in [2.45, 2.75) is 38.3 Å². The van der Waals surface area contributed by atoms with E-state index in [1.807, 2.05) is 30.3 Å². The van der Waals surface area contributed by atoms with E-state index in [-0.39, 0.29) is 6.04 Å². The third kappa shape index (κ3) is 5.82. The van der Waals surface area contributed by atoms with Gasteiger partial charge in [-0.2, -0.15) is 0 Å². The Morgan fingerprint density at radius 3 is 2.65 bits per heavy atom. The largest absolute Gasteiger partial charge is 0.390 e. The second kappa shape index (κ2) is 8.23. The molecule has 1 rings (SSSR count). The quantitative estimate of drug-likeness (QED) is 0.596. The van der Waals surface area contributed by atoms with E-state index in [2.05, 4.69) is 12.2 Å². The number of unbranched alkanes of at least 4 members (excludes halogenated alkanes) is 1. The van der Waals surface area contributed by atoms with Crippen LogP contribution in [-0.4, -0.2) is 30.3 Å². The molecule has 96 valence electrons. The first kappa shape index (κ1) is 14.2. The minimum absolute atomic E-state index is 0.202. The monoisotopic (exact) mass is 236 g/mol. The summed E-state index contributed by atoms with van der Waals surface area (Å²) in [6.45, 7) is 3.68. The standard InChI is InChI=1S/C14H24N2O/c1-2-3-9-16-11-14(17)13(15)10-12-7-5-4-6-8-12/h4-8,13-14,16-17H,2-3,9-11,15H2,1H3. The fourth-order valence-electron chi connectivity index (χ4n) is 1.73. The van der Waals surface area contributed by atoms with Crippen LogP contribution in [-0.2, 0) is 6.42 Å². The molecule has 0 spiro atoms. The van der Waals surface area contributed by atoms with Gasteiger partial charge in [0.15, 0.2) is 0 Å². The van der Waals surface area contributed by atoms with Gasteiger partial charge in [0.25, 0.3) is 0 Å². The van der Waals surface area contributed by atoms with Gasteiger partial charge in [0.05, 0.1) is 6.10 Å². The maximum atomic E-state index is 9.89. The third-order valence-corrected chi connectivity index (χ3v) is 2.87. The predicted molar refractivity (Wildman–Crippen MR) is 71.9 cm³/mol. The smallest absolute Gasteiger partial charge is 0.0818 e. The first-order chi connectivity index (χ1) is 8.24. The minimum Gasteiger partial charge on any atom is -0.390 e. The highest BCUT2D eigenvalue weighted by molar-refractivity contribution is 5.16. The average Bonchev–Trinajstić information content (AvgIpc) is 2.35. The molecule has 0 aliphatic carbocycles. The van der Waals surface area contributed by atoms with E-state index in [1.165, 1.54) is 12.0 Å². The molecule has 2 unspecified atom stereocenters. The molecule has 0 saturated carbocycles. The Labute approximate surface area is 104 Å². The summed E-state index contributed by atoms with van der Waals surface area (Å²) in [5, 5.41) is 13.1. The Morgan fingerprint density at radius 2 is 2.00 bits per heavy atom. The summed E-state index contributed by atoms with van der Waals surface area (Å²) in [7, 11) is 0. The summed E-state index contributed by atoms with van der Waals surface area (Å²) >= 11 is 0. The Kier molecular flexibility index (Phi) is 6.86. The highest BCUT2D eigenvalue weighted by Crippen LogP contribution is 2.04. The minimum atomic E-state index is -0.480. The lowest BCUT2D eigenvalue weighted by Crippen LogP contribution is -2.43. The zero-order chi connectivity index (χ0) is 12.5. The van der Waals surface area contributed by atoms with Crippen molar-refractivity contribution in [1.82, 2.24) is 5.32 Å². The molecular formula is C14H24N2O. The van der Waals surface area contributed by atoms with Gasteiger partial charge < -0.3 is 16.2 Å². The van der Waals surface area contributed by atoms with Gasteiger partial charge in [0.2, 0.25) is 0 Å². The van der Waals surface area contributed by atoms with Gasteiger partial charge in [-0.3, -0.25) is 0 Å². The topological polar surface area (TPSA) is 58.3 Å². The second-order valence-electron chi connectivity index (χ2n) is 4.48. The maximum Gasteiger partial charge on any atom is 0.0818 e. The van der Waals surface area contributed by atoms with E-state index in [4.69, 9.17) is 5.73 Å². The molecule has 0 fully saturated rings. The number of aliphatic hydroxyl groups excluding tert-OH is 1. The van der Waals surface area contributed by atoms with Crippen LogP contribution in [0, 0.1) is 0 Å². The van der Waals surface area contributed by atoms with Crippen molar-refractivity contribution in [3.63, 3.8) is 0 Å². The van der Waals surface area contributed by atoms with E-state index in [0.29, 0.717) is 6.54 Å². The molecule has 3 nitrogen and oxygen atoms in total. The molecule has 0 heterocycles. The van der Waals surface area contributed by atoms with E-state index >= 15 is 0 Å². The molecule has 0 radical (unpaired) electrons. The van der Waals surface area contributed by atoms with E-state index < -0.39 is 6.10 Å². The number of benzene rings is 1. The fourth-order valence-corrected chi connectivity index (χ4v) is 1.73. The second-order valence-corrected chi connectivity index (χ2v) is 4.48. The number of aliphatic hydroxyl groups is 1. The van der Waals surface area contributed by atoms with Crippen LogP contribution in [0.15, 0.2) is 30.3 Å².